The van der Waals surface area contributed by atoms with Gasteiger partial charge in [-0.2, -0.15) is 0 Å². The second-order valence-corrected chi connectivity index (χ2v) is 8.75. The van der Waals surface area contributed by atoms with Crippen molar-refractivity contribution in [2.75, 3.05) is 33.7 Å². The maximum Gasteiger partial charge on any atom is 0.128 e. The maximum atomic E-state index is 11.2. The highest BCUT2D eigenvalue weighted by atomic mass is 35.5. The minimum Gasteiger partial charge on any atom is -0.487 e. The third-order valence-electron chi connectivity index (χ3n) is 6.08. The zero-order chi connectivity index (χ0) is 21.1. The minimum absolute atomic E-state index is 0.366. The molecule has 0 aliphatic carbocycles. The van der Waals surface area contributed by atoms with Crippen LogP contribution in [0.1, 0.15) is 30.2 Å². The van der Waals surface area contributed by atoms with Gasteiger partial charge in [0.15, 0.2) is 0 Å². The molecule has 0 amide bonds. The molecule has 0 spiro atoms. The molecule has 1 atom stereocenters. The molecule has 1 aromatic heterocycles. The number of aliphatic hydroxyl groups is 1. The summed E-state index contributed by atoms with van der Waals surface area (Å²) >= 11 is 5.97. The predicted octanol–water partition coefficient (Wildman–Crippen LogP) is 4.46. The van der Waals surface area contributed by atoms with Crippen molar-refractivity contribution in [3.05, 3.63) is 64.8 Å². The molecule has 1 saturated heterocycles. The summed E-state index contributed by atoms with van der Waals surface area (Å²) in [5, 5.41) is 12.9. The molecule has 2 heterocycles. The number of aromatic nitrogens is 1. The Morgan fingerprint density at radius 3 is 2.53 bits per heavy atom. The van der Waals surface area contributed by atoms with E-state index in [-0.39, 0.29) is 0 Å². The molecule has 1 unspecified atom stereocenters. The van der Waals surface area contributed by atoms with E-state index in [1.807, 2.05) is 42.5 Å². The molecule has 0 saturated carbocycles. The van der Waals surface area contributed by atoms with Crippen LogP contribution >= 0.6 is 11.6 Å². The van der Waals surface area contributed by atoms with Crippen LogP contribution in [0.25, 0.3) is 10.9 Å². The van der Waals surface area contributed by atoms with Crippen LogP contribution in [-0.2, 0) is 6.61 Å². The van der Waals surface area contributed by atoms with Crippen LogP contribution in [0.3, 0.4) is 0 Å². The van der Waals surface area contributed by atoms with Crippen molar-refractivity contribution in [2.24, 2.45) is 0 Å². The van der Waals surface area contributed by atoms with Crippen LogP contribution in [0.15, 0.2) is 48.5 Å². The Kier molecular flexibility index (Phi) is 6.64. The number of hydrogen-bond acceptors (Lipinski definition) is 4. The van der Waals surface area contributed by atoms with Crippen LogP contribution in [0.5, 0.6) is 5.75 Å². The second-order valence-electron chi connectivity index (χ2n) is 8.32. The number of ether oxygens (including phenoxy) is 1. The molecular formula is C24H30ClN3O2. The number of nitrogens with zero attached hydrogens (tertiary/aromatic N) is 2. The van der Waals surface area contributed by atoms with E-state index in [0.717, 1.165) is 53.8 Å². The quantitative estimate of drug-likeness (QED) is 0.584. The minimum atomic E-state index is -0.569. The number of fused-ring (bicyclic) bond motifs is 1. The van der Waals surface area contributed by atoms with Gasteiger partial charge in [0.05, 0.1) is 11.8 Å². The summed E-state index contributed by atoms with van der Waals surface area (Å²) in [5.41, 5.74) is 2.88. The van der Waals surface area contributed by atoms with Gasteiger partial charge in [-0.05, 0) is 70.4 Å². The van der Waals surface area contributed by atoms with Gasteiger partial charge in [-0.3, -0.25) is 0 Å². The number of aromatic amines is 1. The normalized spacial score (nSPS) is 17.0. The van der Waals surface area contributed by atoms with Crippen molar-refractivity contribution < 1.29 is 9.84 Å². The molecule has 1 aliphatic rings. The number of halogens is 1. The van der Waals surface area contributed by atoms with Crippen LogP contribution in [-0.4, -0.2) is 59.7 Å². The second kappa shape index (κ2) is 9.40. The van der Waals surface area contributed by atoms with Crippen molar-refractivity contribution in [3.8, 4) is 5.75 Å². The first-order chi connectivity index (χ1) is 14.5. The number of rotatable bonds is 7. The molecule has 4 rings (SSSR count). The molecular weight excluding hydrogens is 398 g/mol. The van der Waals surface area contributed by atoms with Crippen LogP contribution < -0.4 is 4.74 Å². The van der Waals surface area contributed by atoms with Crippen molar-refractivity contribution in [3.63, 3.8) is 0 Å². The highest BCUT2D eigenvalue weighted by Crippen LogP contribution is 2.30. The Balaban J connectivity index is 1.50. The third kappa shape index (κ3) is 4.81. The predicted molar refractivity (Wildman–Crippen MR) is 122 cm³/mol. The number of aliphatic hydroxyl groups excluding tert-OH is 1. The molecule has 30 heavy (non-hydrogen) atoms. The highest BCUT2D eigenvalue weighted by molar-refractivity contribution is 6.30. The van der Waals surface area contributed by atoms with Crippen molar-refractivity contribution in [1.82, 2.24) is 14.8 Å². The number of H-pyrrole nitrogens is 1. The topological polar surface area (TPSA) is 51.7 Å². The Labute approximate surface area is 183 Å². The number of likely N-dealkylation sites (tertiary alicyclic amines) is 1. The molecule has 1 aliphatic heterocycles. The summed E-state index contributed by atoms with van der Waals surface area (Å²) in [6.07, 6.45) is 1.71. The lowest BCUT2D eigenvalue weighted by Gasteiger charge is -2.36. The molecule has 0 radical (unpaired) electrons. The Morgan fingerprint density at radius 1 is 1.13 bits per heavy atom. The summed E-state index contributed by atoms with van der Waals surface area (Å²) in [4.78, 5) is 8.13. The fraction of sp³-hybridized carbons (Fsp3) is 0.417. The summed E-state index contributed by atoms with van der Waals surface area (Å²) in [5.74, 6) is 0.754. The lowest BCUT2D eigenvalue weighted by atomic mass is 10.0. The average molecular weight is 428 g/mol. The van der Waals surface area contributed by atoms with Gasteiger partial charge >= 0.3 is 0 Å². The van der Waals surface area contributed by atoms with Crippen LogP contribution in [0, 0.1) is 0 Å². The molecule has 160 valence electrons. The molecule has 0 bridgehead atoms. The Bertz CT molecular complexity index is 962. The molecule has 6 heteroatoms. The third-order valence-corrected chi connectivity index (χ3v) is 6.33. The average Bonchev–Trinajstić information content (AvgIpc) is 3.12. The van der Waals surface area contributed by atoms with E-state index < -0.39 is 6.10 Å². The fourth-order valence-electron chi connectivity index (χ4n) is 4.35. The smallest absolute Gasteiger partial charge is 0.128 e. The van der Waals surface area contributed by atoms with Gasteiger partial charge in [0.2, 0.25) is 0 Å². The van der Waals surface area contributed by atoms with Crippen molar-refractivity contribution in [1.29, 1.82) is 0 Å². The molecule has 2 aromatic carbocycles. The molecule has 1 fully saturated rings. The number of piperidine rings is 1. The van der Waals surface area contributed by atoms with Crippen molar-refractivity contribution in [2.45, 2.75) is 31.6 Å². The van der Waals surface area contributed by atoms with Gasteiger partial charge in [-0.1, -0.05) is 29.8 Å². The van der Waals surface area contributed by atoms with Gasteiger partial charge in [-0.15, -0.1) is 0 Å². The van der Waals surface area contributed by atoms with E-state index in [0.29, 0.717) is 24.2 Å². The summed E-state index contributed by atoms with van der Waals surface area (Å²) in [6.45, 7) is 3.03. The van der Waals surface area contributed by atoms with Gasteiger partial charge < -0.3 is 24.6 Å². The monoisotopic (exact) mass is 427 g/mol. The number of hydrogen-bond donors (Lipinski definition) is 2. The van der Waals surface area contributed by atoms with Crippen molar-refractivity contribution >= 4 is 22.5 Å². The van der Waals surface area contributed by atoms with E-state index in [9.17, 15) is 5.11 Å². The largest absolute Gasteiger partial charge is 0.487 e. The number of benzene rings is 2. The SMILES string of the molecule is CN(C)C1CCN(CC(O)c2c(COc3ccc(Cl)cc3)[nH]c3ccccc23)CC1. The van der Waals surface area contributed by atoms with E-state index in [2.05, 4.69) is 34.9 Å². The molecule has 5 nitrogen and oxygen atoms in total. The molecule has 3 aromatic rings. The van der Waals surface area contributed by atoms with Gasteiger partial charge in [0.1, 0.15) is 12.4 Å². The fourth-order valence-corrected chi connectivity index (χ4v) is 4.48. The van der Waals surface area contributed by atoms with E-state index >= 15 is 0 Å². The summed E-state index contributed by atoms with van der Waals surface area (Å²) in [6, 6.07) is 16.1. The van der Waals surface area contributed by atoms with Gasteiger partial charge in [0.25, 0.3) is 0 Å². The Morgan fingerprint density at radius 2 is 1.83 bits per heavy atom. The summed E-state index contributed by atoms with van der Waals surface area (Å²) < 4.78 is 5.98. The zero-order valence-electron chi connectivity index (χ0n) is 17.6. The van der Waals surface area contributed by atoms with Crippen LogP contribution in [0.4, 0.5) is 0 Å². The number of β-amino-alcohol motifs (C(OH)–C–C–N with tert-alkyl or cyclic N) is 1. The highest BCUT2D eigenvalue weighted by Gasteiger charge is 2.25. The van der Waals surface area contributed by atoms with Gasteiger partial charge in [0, 0.05) is 34.1 Å². The maximum absolute atomic E-state index is 11.2. The molecule has 2 N–H and O–H groups in total. The zero-order valence-corrected chi connectivity index (χ0v) is 18.4. The summed E-state index contributed by atoms with van der Waals surface area (Å²) in [7, 11) is 4.29. The van der Waals surface area contributed by atoms with E-state index in [1.54, 1.807) is 0 Å². The van der Waals surface area contributed by atoms with E-state index in [1.165, 1.54) is 0 Å². The first kappa shape index (κ1) is 21.2. The lowest BCUT2D eigenvalue weighted by molar-refractivity contribution is 0.0795. The first-order valence-electron chi connectivity index (χ1n) is 10.6. The first-order valence-corrected chi connectivity index (χ1v) is 10.9. The standard InChI is InChI=1S/C24H30ClN3O2/c1-27(2)18-11-13-28(14-12-18)15-23(29)24-20-5-3-4-6-21(20)26-22(24)16-30-19-9-7-17(25)8-10-19/h3-10,18,23,26,29H,11-16H2,1-2H3. The lowest BCUT2D eigenvalue weighted by Crippen LogP contribution is -2.43. The Hall–Kier alpha value is -2.05. The number of nitrogens with one attached hydrogen (secondary N) is 1. The van der Waals surface area contributed by atoms with Gasteiger partial charge in [-0.25, -0.2) is 0 Å². The van der Waals surface area contributed by atoms with E-state index in [4.69, 9.17) is 16.3 Å². The van der Waals surface area contributed by atoms with Crippen LogP contribution in [0.2, 0.25) is 5.02 Å². The number of para-hydroxylation sites is 1.